The highest BCUT2D eigenvalue weighted by atomic mass is 16.5. The number of hydrogen-bond acceptors (Lipinski definition) is 5. The number of nitrogens with one attached hydrogen (secondary N) is 2. The van der Waals surface area contributed by atoms with Crippen molar-refractivity contribution < 1.29 is 19.2 Å². The molecular weight excluding hydrogens is 276 g/mol. The number of hydrogen-bond donors (Lipinski definition) is 3. The van der Waals surface area contributed by atoms with E-state index >= 15 is 0 Å². The SMILES string of the molecule is Cc1noc(CNC(=O)NCc2cccc(C(=O)O)c2)n1. The van der Waals surface area contributed by atoms with Gasteiger partial charge in [0.1, 0.15) is 0 Å². The van der Waals surface area contributed by atoms with Crippen molar-refractivity contribution in [2.45, 2.75) is 20.0 Å². The molecule has 0 unspecified atom stereocenters. The van der Waals surface area contributed by atoms with E-state index in [-0.39, 0.29) is 18.7 Å². The van der Waals surface area contributed by atoms with Crippen LogP contribution in [0.15, 0.2) is 28.8 Å². The van der Waals surface area contributed by atoms with E-state index in [1.165, 1.54) is 12.1 Å². The third-order valence-corrected chi connectivity index (χ3v) is 2.60. The summed E-state index contributed by atoms with van der Waals surface area (Å²) >= 11 is 0. The Morgan fingerprint density at radius 1 is 1.29 bits per heavy atom. The molecule has 1 aromatic carbocycles. The Kier molecular flexibility index (Phi) is 4.50. The van der Waals surface area contributed by atoms with Crippen LogP contribution in [-0.4, -0.2) is 27.2 Å². The Hall–Kier alpha value is -2.90. The average molecular weight is 290 g/mol. The van der Waals surface area contributed by atoms with Crippen LogP contribution >= 0.6 is 0 Å². The minimum Gasteiger partial charge on any atom is -0.478 e. The van der Waals surface area contributed by atoms with Crippen LogP contribution in [0.2, 0.25) is 0 Å². The molecule has 8 heteroatoms. The van der Waals surface area contributed by atoms with Crippen molar-refractivity contribution in [3.63, 3.8) is 0 Å². The van der Waals surface area contributed by atoms with Crippen LogP contribution in [0.4, 0.5) is 4.79 Å². The molecule has 0 saturated carbocycles. The highest BCUT2D eigenvalue weighted by Gasteiger charge is 2.07. The predicted octanol–water partition coefficient (Wildman–Crippen LogP) is 1.08. The van der Waals surface area contributed by atoms with E-state index in [0.717, 1.165) is 0 Å². The Balaban J connectivity index is 1.81. The van der Waals surface area contributed by atoms with Gasteiger partial charge in [-0.3, -0.25) is 0 Å². The molecule has 0 spiro atoms. The van der Waals surface area contributed by atoms with Crippen LogP contribution in [0.25, 0.3) is 0 Å². The summed E-state index contributed by atoms with van der Waals surface area (Å²) in [6.07, 6.45) is 0. The van der Waals surface area contributed by atoms with Crippen molar-refractivity contribution in [1.29, 1.82) is 0 Å². The predicted molar refractivity (Wildman–Crippen MR) is 71.5 cm³/mol. The fraction of sp³-hybridized carbons (Fsp3) is 0.231. The second-order valence-electron chi connectivity index (χ2n) is 4.28. The summed E-state index contributed by atoms with van der Waals surface area (Å²) < 4.78 is 4.85. The van der Waals surface area contributed by atoms with Crippen molar-refractivity contribution in [2.75, 3.05) is 0 Å². The monoisotopic (exact) mass is 290 g/mol. The first-order valence-electron chi connectivity index (χ1n) is 6.17. The number of rotatable bonds is 5. The Bertz CT molecular complexity index is 653. The maximum absolute atomic E-state index is 11.6. The number of aromatic nitrogens is 2. The van der Waals surface area contributed by atoms with Gasteiger partial charge in [-0.1, -0.05) is 17.3 Å². The van der Waals surface area contributed by atoms with E-state index < -0.39 is 12.0 Å². The van der Waals surface area contributed by atoms with E-state index in [4.69, 9.17) is 9.63 Å². The van der Waals surface area contributed by atoms with Gasteiger partial charge >= 0.3 is 12.0 Å². The number of nitrogens with zero attached hydrogens (tertiary/aromatic N) is 2. The van der Waals surface area contributed by atoms with Crippen LogP contribution in [0, 0.1) is 6.92 Å². The molecule has 0 saturated heterocycles. The summed E-state index contributed by atoms with van der Waals surface area (Å²) in [7, 11) is 0. The van der Waals surface area contributed by atoms with Gasteiger partial charge in [-0.25, -0.2) is 9.59 Å². The van der Waals surface area contributed by atoms with E-state index in [9.17, 15) is 9.59 Å². The molecule has 0 fully saturated rings. The number of aryl methyl sites for hydroxylation is 1. The van der Waals surface area contributed by atoms with Gasteiger partial charge in [0.25, 0.3) is 0 Å². The molecule has 21 heavy (non-hydrogen) atoms. The van der Waals surface area contributed by atoms with Gasteiger partial charge in [0.2, 0.25) is 5.89 Å². The second-order valence-corrected chi connectivity index (χ2v) is 4.28. The van der Waals surface area contributed by atoms with Gasteiger partial charge in [-0.05, 0) is 24.6 Å². The number of urea groups is 1. The van der Waals surface area contributed by atoms with E-state index in [1.807, 2.05) is 0 Å². The number of amides is 2. The molecule has 0 aliphatic carbocycles. The second kappa shape index (κ2) is 6.51. The van der Waals surface area contributed by atoms with Crippen LogP contribution < -0.4 is 10.6 Å². The highest BCUT2D eigenvalue weighted by molar-refractivity contribution is 5.87. The van der Waals surface area contributed by atoms with Crippen molar-refractivity contribution in [3.8, 4) is 0 Å². The van der Waals surface area contributed by atoms with Gasteiger partial charge in [0.15, 0.2) is 5.82 Å². The average Bonchev–Trinajstić information content (AvgIpc) is 2.89. The lowest BCUT2D eigenvalue weighted by Crippen LogP contribution is -2.34. The maximum Gasteiger partial charge on any atom is 0.335 e. The van der Waals surface area contributed by atoms with Crippen molar-refractivity contribution in [3.05, 3.63) is 47.1 Å². The summed E-state index contributed by atoms with van der Waals surface area (Å²) in [6, 6.07) is 5.94. The summed E-state index contributed by atoms with van der Waals surface area (Å²) in [5.41, 5.74) is 0.870. The zero-order chi connectivity index (χ0) is 15.2. The third-order valence-electron chi connectivity index (χ3n) is 2.60. The number of carbonyl (C=O) groups is 2. The highest BCUT2D eigenvalue weighted by Crippen LogP contribution is 2.05. The molecule has 0 radical (unpaired) electrons. The molecule has 110 valence electrons. The summed E-state index contributed by atoms with van der Waals surface area (Å²) in [5.74, 6) is -0.193. The first-order chi connectivity index (χ1) is 10.0. The molecule has 2 amide bonds. The molecule has 0 aliphatic rings. The number of carboxylic acids is 1. The Morgan fingerprint density at radius 2 is 2.05 bits per heavy atom. The molecule has 3 N–H and O–H groups in total. The van der Waals surface area contributed by atoms with E-state index in [2.05, 4.69) is 20.8 Å². The number of carbonyl (C=O) groups excluding carboxylic acids is 1. The molecule has 0 bridgehead atoms. The molecule has 8 nitrogen and oxygen atoms in total. The lowest BCUT2D eigenvalue weighted by molar-refractivity contribution is 0.0696. The Morgan fingerprint density at radius 3 is 2.71 bits per heavy atom. The number of benzene rings is 1. The van der Waals surface area contributed by atoms with Gasteiger partial charge < -0.3 is 20.3 Å². The molecule has 2 aromatic rings. The van der Waals surface area contributed by atoms with Crippen LogP contribution in [0.3, 0.4) is 0 Å². The van der Waals surface area contributed by atoms with Crippen LogP contribution in [-0.2, 0) is 13.1 Å². The molecular formula is C13H14N4O4. The fourth-order valence-electron chi connectivity index (χ4n) is 1.63. The molecule has 0 atom stereocenters. The van der Waals surface area contributed by atoms with Crippen LogP contribution in [0.1, 0.15) is 27.6 Å². The lowest BCUT2D eigenvalue weighted by Gasteiger charge is -2.06. The van der Waals surface area contributed by atoms with Crippen molar-refractivity contribution in [1.82, 2.24) is 20.8 Å². The smallest absolute Gasteiger partial charge is 0.335 e. The fourth-order valence-corrected chi connectivity index (χ4v) is 1.63. The summed E-state index contributed by atoms with van der Waals surface area (Å²) in [4.78, 5) is 26.4. The quantitative estimate of drug-likeness (QED) is 0.758. The van der Waals surface area contributed by atoms with Gasteiger partial charge in [-0.2, -0.15) is 4.98 Å². The minimum atomic E-state index is -1.01. The number of aromatic carboxylic acids is 1. The summed E-state index contributed by atoms with van der Waals surface area (Å²) in [6.45, 7) is 2.03. The topological polar surface area (TPSA) is 117 Å². The van der Waals surface area contributed by atoms with E-state index in [0.29, 0.717) is 17.3 Å². The van der Waals surface area contributed by atoms with Crippen molar-refractivity contribution >= 4 is 12.0 Å². The first kappa shape index (κ1) is 14.5. The molecule has 1 aromatic heterocycles. The molecule has 0 aliphatic heterocycles. The Labute approximate surface area is 120 Å². The number of carboxylic acid groups (broad SMARTS) is 1. The largest absolute Gasteiger partial charge is 0.478 e. The van der Waals surface area contributed by atoms with Gasteiger partial charge in [-0.15, -0.1) is 0 Å². The van der Waals surface area contributed by atoms with Gasteiger partial charge in [0, 0.05) is 6.54 Å². The third kappa shape index (κ3) is 4.30. The maximum atomic E-state index is 11.6. The van der Waals surface area contributed by atoms with Crippen LogP contribution in [0.5, 0.6) is 0 Å². The standard InChI is InChI=1S/C13H14N4O4/c1-8-16-11(21-17-8)7-15-13(20)14-6-9-3-2-4-10(5-9)12(18)19/h2-5H,6-7H2,1H3,(H,18,19)(H2,14,15,20). The normalized spacial score (nSPS) is 10.1. The lowest BCUT2D eigenvalue weighted by atomic mass is 10.1. The summed E-state index contributed by atoms with van der Waals surface area (Å²) in [5, 5.41) is 17.6. The first-order valence-corrected chi connectivity index (χ1v) is 6.17. The zero-order valence-electron chi connectivity index (χ0n) is 11.3. The molecule has 1 heterocycles. The zero-order valence-corrected chi connectivity index (χ0v) is 11.3. The minimum absolute atomic E-state index is 0.127. The van der Waals surface area contributed by atoms with Crippen molar-refractivity contribution in [2.24, 2.45) is 0 Å². The van der Waals surface area contributed by atoms with E-state index in [1.54, 1.807) is 19.1 Å². The molecule has 2 rings (SSSR count). The van der Waals surface area contributed by atoms with Gasteiger partial charge in [0.05, 0.1) is 12.1 Å².